The van der Waals surface area contributed by atoms with Crippen LogP contribution in [0.1, 0.15) is 12.5 Å². The zero-order valence-electron chi connectivity index (χ0n) is 11.1. The molecule has 0 aromatic heterocycles. The normalized spacial score (nSPS) is 13.2. The Kier molecular flexibility index (Phi) is 6.00. The maximum absolute atomic E-state index is 5.79. The van der Waals surface area contributed by atoms with E-state index in [1.54, 1.807) is 14.2 Å². The van der Waals surface area contributed by atoms with E-state index in [1.807, 2.05) is 31.2 Å². The lowest BCUT2D eigenvalue weighted by atomic mass is 10.2. The Labute approximate surface area is 108 Å². The van der Waals surface area contributed by atoms with Crippen molar-refractivity contribution in [3.63, 3.8) is 0 Å². The van der Waals surface area contributed by atoms with Crippen molar-refractivity contribution in [2.24, 2.45) is 10.7 Å². The summed E-state index contributed by atoms with van der Waals surface area (Å²) in [5, 5.41) is 3.05. The van der Waals surface area contributed by atoms with Gasteiger partial charge < -0.3 is 20.5 Å². The Morgan fingerprint density at radius 1 is 1.39 bits per heavy atom. The van der Waals surface area contributed by atoms with Gasteiger partial charge >= 0.3 is 0 Å². The molecule has 0 spiro atoms. The molecule has 0 amide bonds. The molecule has 0 radical (unpaired) electrons. The van der Waals surface area contributed by atoms with Crippen LogP contribution in [0.25, 0.3) is 0 Å². The van der Waals surface area contributed by atoms with Gasteiger partial charge in [-0.15, -0.1) is 0 Å². The first-order chi connectivity index (χ1) is 8.67. The maximum Gasteiger partial charge on any atom is 0.189 e. The van der Waals surface area contributed by atoms with Gasteiger partial charge in [0.2, 0.25) is 0 Å². The van der Waals surface area contributed by atoms with Gasteiger partial charge in [-0.3, -0.25) is 0 Å². The standard InChI is InChI=1S/C13H21N3O2/c1-10(9-17-2)16-13(14)15-8-11-6-4-5-7-12(11)18-3/h4-7,10H,8-9H2,1-3H3,(H3,14,15,16). The predicted molar refractivity (Wildman–Crippen MR) is 72.8 cm³/mol. The summed E-state index contributed by atoms with van der Waals surface area (Å²) in [4.78, 5) is 4.27. The first-order valence-electron chi connectivity index (χ1n) is 5.84. The number of hydrogen-bond donors (Lipinski definition) is 2. The van der Waals surface area contributed by atoms with Crippen molar-refractivity contribution in [1.29, 1.82) is 0 Å². The number of guanidine groups is 1. The third-order valence-corrected chi connectivity index (χ3v) is 2.42. The summed E-state index contributed by atoms with van der Waals surface area (Å²) in [6.45, 7) is 3.06. The van der Waals surface area contributed by atoms with Gasteiger partial charge in [-0.05, 0) is 13.0 Å². The fourth-order valence-electron chi connectivity index (χ4n) is 1.59. The van der Waals surface area contributed by atoms with E-state index < -0.39 is 0 Å². The quantitative estimate of drug-likeness (QED) is 0.587. The highest BCUT2D eigenvalue weighted by molar-refractivity contribution is 5.78. The number of methoxy groups -OCH3 is 2. The molecule has 0 saturated heterocycles. The highest BCUT2D eigenvalue weighted by Gasteiger charge is 2.03. The fourth-order valence-corrected chi connectivity index (χ4v) is 1.59. The van der Waals surface area contributed by atoms with Gasteiger partial charge in [-0.1, -0.05) is 18.2 Å². The summed E-state index contributed by atoms with van der Waals surface area (Å²) in [5.74, 6) is 1.23. The number of aliphatic imine (C=N–C) groups is 1. The predicted octanol–water partition coefficient (Wildman–Crippen LogP) is 1.13. The van der Waals surface area contributed by atoms with E-state index in [4.69, 9.17) is 15.2 Å². The van der Waals surface area contributed by atoms with E-state index in [0.717, 1.165) is 11.3 Å². The fraction of sp³-hybridized carbons (Fsp3) is 0.462. The van der Waals surface area contributed by atoms with Crippen molar-refractivity contribution in [2.45, 2.75) is 19.5 Å². The summed E-state index contributed by atoms with van der Waals surface area (Å²) >= 11 is 0. The molecule has 1 aromatic carbocycles. The van der Waals surface area contributed by atoms with Gasteiger partial charge in [-0.2, -0.15) is 0 Å². The third-order valence-electron chi connectivity index (χ3n) is 2.42. The topological polar surface area (TPSA) is 68.9 Å². The summed E-state index contributed by atoms with van der Waals surface area (Å²) in [5.41, 5.74) is 6.79. The van der Waals surface area contributed by atoms with Crippen molar-refractivity contribution in [1.82, 2.24) is 5.32 Å². The molecule has 1 aromatic rings. The molecule has 0 bridgehead atoms. The van der Waals surface area contributed by atoms with E-state index in [0.29, 0.717) is 19.1 Å². The monoisotopic (exact) mass is 251 g/mol. The Morgan fingerprint density at radius 3 is 2.78 bits per heavy atom. The SMILES string of the molecule is COCC(C)NC(N)=NCc1ccccc1OC. The van der Waals surface area contributed by atoms with Crippen LogP contribution in [-0.2, 0) is 11.3 Å². The minimum absolute atomic E-state index is 0.136. The molecule has 18 heavy (non-hydrogen) atoms. The number of nitrogens with two attached hydrogens (primary N) is 1. The maximum atomic E-state index is 5.79. The second-order valence-corrected chi connectivity index (χ2v) is 4.01. The lowest BCUT2D eigenvalue weighted by Gasteiger charge is -2.13. The second kappa shape index (κ2) is 7.55. The van der Waals surface area contributed by atoms with Crippen LogP contribution in [0.2, 0.25) is 0 Å². The van der Waals surface area contributed by atoms with Gasteiger partial charge in [0, 0.05) is 18.7 Å². The molecule has 100 valence electrons. The molecule has 0 aliphatic heterocycles. The van der Waals surface area contributed by atoms with Gasteiger partial charge in [0.1, 0.15) is 5.75 Å². The van der Waals surface area contributed by atoms with Crippen molar-refractivity contribution < 1.29 is 9.47 Å². The number of ether oxygens (including phenoxy) is 2. The summed E-state index contributed by atoms with van der Waals surface area (Å²) < 4.78 is 10.3. The van der Waals surface area contributed by atoms with Gasteiger partial charge in [0.25, 0.3) is 0 Å². The molecule has 0 aliphatic rings. The Hall–Kier alpha value is -1.75. The van der Waals surface area contributed by atoms with E-state index in [1.165, 1.54) is 0 Å². The van der Waals surface area contributed by atoms with Crippen molar-refractivity contribution >= 4 is 5.96 Å². The first-order valence-corrected chi connectivity index (χ1v) is 5.84. The molecule has 5 heteroatoms. The van der Waals surface area contributed by atoms with E-state index in [-0.39, 0.29) is 6.04 Å². The molecule has 1 unspecified atom stereocenters. The average Bonchev–Trinajstić information content (AvgIpc) is 2.37. The molecule has 0 saturated carbocycles. The van der Waals surface area contributed by atoms with Crippen LogP contribution in [0.15, 0.2) is 29.3 Å². The minimum Gasteiger partial charge on any atom is -0.496 e. The smallest absolute Gasteiger partial charge is 0.189 e. The van der Waals surface area contributed by atoms with Crippen LogP contribution in [0.4, 0.5) is 0 Å². The highest BCUT2D eigenvalue weighted by Crippen LogP contribution is 2.17. The first kappa shape index (κ1) is 14.3. The molecule has 0 fully saturated rings. The van der Waals surface area contributed by atoms with Crippen molar-refractivity contribution in [2.75, 3.05) is 20.8 Å². The van der Waals surface area contributed by atoms with E-state index in [2.05, 4.69) is 10.3 Å². The minimum atomic E-state index is 0.136. The lowest BCUT2D eigenvalue weighted by molar-refractivity contribution is 0.179. The van der Waals surface area contributed by atoms with Crippen LogP contribution in [0.3, 0.4) is 0 Å². The van der Waals surface area contributed by atoms with Crippen LogP contribution in [-0.4, -0.2) is 32.8 Å². The average molecular weight is 251 g/mol. The van der Waals surface area contributed by atoms with E-state index in [9.17, 15) is 0 Å². The summed E-state index contributed by atoms with van der Waals surface area (Å²) in [7, 11) is 3.30. The van der Waals surface area contributed by atoms with Gasteiger partial charge in [0.15, 0.2) is 5.96 Å². The van der Waals surface area contributed by atoms with Crippen LogP contribution in [0.5, 0.6) is 5.75 Å². The third kappa shape index (κ3) is 4.63. The van der Waals surface area contributed by atoms with Crippen molar-refractivity contribution in [3.05, 3.63) is 29.8 Å². The Balaban J connectivity index is 2.57. The number of hydrogen-bond acceptors (Lipinski definition) is 3. The molecular weight excluding hydrogens is 230 g/mol. The summed E-state index contributed by atoms with van der Waals surface area (Å²) in [6.07, 6.45) is 0. The van der Waals surface area contributed by atoms with Crippen LogP contribution >= 0.6 is 0 Å². The Morgan fingerprint density at radius 2 is 2.11 bits per heavy atom. The number of nitrogens with one attached hydrogen (secondary N) is 1. The van der Waals surface area contributed by atoms with Crippen LogP contribution < -0.4 is 15.8 Å². The number of rotatable bonds is 6. The number of nitrogens with zero attached hydrogens (tertiary/aromatic N) is 1. The van der Waals surface area contributed by atoms with Crippen molar-refractivity contribution in [3.8, 4) is 5.75 Å². The molecule has 0 heterocycles. The zero-order valence-corrected chi connectivity index (χ0v) is 11.1. The molecule has 5 nitrogen and oxygen atoms in total. The molecule has 3 N–H and O–H groups in total. The highest BCUT2D eigenvalue weighted by atomic mass is 16.5. The molecule has 1 rings (SSSR count). The lowest BCUT2D eigenvalue weighted by Crippen LogP contribution is -2.40. The van der Waals surface area contributed by atoms with E-state index >= 15 is 0 Å². The molecular formula is C13H21N3O2. The van der Waals surface area contributed by atoms with Crippen LogP contribution in [0, 0.1) is 0 Å². The Bertz CT molecular complexity index is 394. The number of para-hydroxylation sites is 1. The second-order valence-electron chi connectivity index (χ2n) is 4.01. The largest absolute Gasteiger partial charge is 0.496 e. The molecule has 0 aliphatic carbocycles. The van der Waals surface area contributed by atoms with Gasteiger partial charge in [0.05, 0.1) is 20.3 Å². The zero-order chi connectivity index (χ0) is 13.4. The summed E-state index contributed by atoms with van der Waals surface area (Å²) in [6, 6.07) is 7.88. The number of benzene rings is 1. The molecule has 1 atom stereocenters. The van der Waals surface area contributed by atoms with Gasteiger partial charge in [-0.25, -0.2) is 4.99 Å².